The van der Waals surface area contributed by atoms with E-state index < -0.39 is 11.9 Å². The maximum absolute atomic E-state index is 11.0. The van der Waals surface area contributed by atoms with Crippen molar-refractivity contribution in [3.05, 3.63) is 59.7 Å². The molecule has 21 heavy (non-hydrogen) atoms. The molecule has 1 aromatic heterocycles. The van der Waals surface area contributed by atoms with Gasteiger partial charge in [-0.1, -0.05) is 41.6 Å². The zero-order valence-corrected chi connectivity index (χ0v) is 11.6. The van der Waals surface area contributed by atoms with Crippen LogP contribution in [0.2, 0.25) is 0 Å². The zero-order valence-electron chi connectivity index (χ0n) is 11.6. The van der Waals surface area contributed by atoms with E-state index in [9.17, 15) is 4.79 Å². The highest BCUT2D eigenvalue weighted by Crippen LogP contribution is 2.17. The lowest BCUT2D eigenvalue weighted by Gasteiger charge is -2.08. The number of nitrogens with zero attached hydrogens (tertiary/aromatic N) is 3. The average molecular weight is 281 g/mol. The van der Waals surface area contributed by atoms with Crippen LogP contribution in [0.1, 0.15) is 24.0 Å². The lowest BCUT2D eigenvalue weighted by Crippen LogP contribution is -2.07. The monoisotopic (exact) mass is 281 g/mol. The van der Waals surface area contributed by atoms with Crippen molar-refractivity contribution >= 4 is 17.0 Å². The summed E-state index contributed by atoms with van der Waals surface area (Å²) < 4.78 is 1.84. The van der Waals surface area contributed by atoms with E-state index in [4.69, 9.17) is 5.11 Å². The quantitative estimate of drug-likeness (QED) is 0.798. The molecule has 5 heteroatoms. The van der Waals surface area contributed by atoms with Crippen LogP contribution in [0.4, 0.5) is 0 Å². The van der Waals surface area contributed by atoms with Gasteiger partial charge in [0.2, 0.25) is 0 Å². The van der Waals surface area contributed by atoms with E-state index in [1.165, 1.54) is 0 Å². The lowest BCUT2D eigenvalue weighted by molar-refractivity contribution is -0.138. The van der Waals surface area contributed by atoms with Gasteiger partial charge in [0.05, 0.1) is 18.0 Å². The maximum Gasteiger partial charge on any atom is 0.310 e. The van der Waals surface area contributed by atoms with Crippen molar-refractivity contribution in [3.63, 3.8) is 0 Å². The fraction of sp³-hybridized carbons (Fsp3) is 0.188. The Morgan fingerprint density at radius 3 is 2.62 bits per heavy atom. The second-order valence-corrected chi connectivity index (χ2v) is 5.04. The Morgan fingerprint density at radius 2 is 1.90 bits per heavy atom. The average Bonchev–Trinajstić information content (AvgIpc) is 2.91. The van der Waals surface area contributed by atoms with Gasteiger partial charge >= 0.3 is 5.97 Å². The maximum atomic E-state index is 11.0. The minimum atomic E-state index is -0.815. The van der Waals surface area contributed by atoms with Crippen molar-refractivity contribution in [3.8, 4) is 0 Å². The molecule has 0 aliphatic heterocycles. The largest absolute Gasteiger partial charge is 0.481 e. The number of fused-ring (bicyclic) bond motifs is 1. The molecule has 3 aromatic rings. The standard InChI is InChI=1S/C16H15N3O2/c1-11(16(20)21)13-8-6-12(7-9-13)10-19-15-5-3-2-4-14(15)17-18-19/h2-9,11H,10H2,1H3,(H,20,21). The number of rotatable bonds is 4. The summed E-state index contributed by atoms with van der Waals surface area (Å²) in [5.74, 6) is -1.31. The molecular formula is C16H15N3O2. The first kappa shape index (κ1) is 13.3. The van der Waals surface area contributed by atoms with E-state index in [-0.39, 0.29) is 0 Å². The molecule has 2 aromatic carbocycles. The van der Waals surface area contributed by atoms with E-state index >= 15 is 0 Å². The number of para-hydroxylation sites is 1. The molecule has 0 spiro atoms. The van der Waals surface area contributed by atoms with Crippen LogP contribution in [-0.4, -0.2) is 26.1 Å². The first-order valence-corrected chi connectivity index (χ1v) is 6.75. The topological polar surface area (TPSA) is 68.0 Å². The number of aliphatic carboxylic acids is 1. The fourth-order valence-corrected chi connectivity index (χ4v) is 2.26. The summed E-state index contributed by atoms with van der Waals surface area (Å²) >= 11 is 0. The van der Waals surface area contributed by atoms with Crippen LogP contribution in [0, 0.1) is 0 Å². The molecule has 0 bridgehead atoms. The SMILES string of the molecule is CC(C(=O)O)c1ccc(Cn2nnc3ccccc32)cc1. The Morgan fingerprint density at radius 1 is 1.19 bits per heavy atom. The normalized spacial score (nSPS) is 12.4. The van der Waals surface area contributed by atoms with Crippen LogP contribution in [0.15, 0.2) is 48.5 Å². The first-order chi connectivity index (χ1) is 10.1. The van der Waals surface area contributed by atoms with Gasteiger partial charge in [0.25, 0.3) is 0 Å². The van der Waals surface area contributed by atoms with E-state index in [1.807, 2.05) is 53.2 Å². The number of aromatic nitrogens is 3. The van der Waals surface area contributed by atoms with Gasteiger partial charge in [-0.25, -0.2) is 4.68 Å². The van der Waals surface area contributed by atoms with Crippen LogP contribution in [0.25, 0.3) is 11.0 Å². The Bertz CT molecular complexity index is 778. The number of carboxylic acid groups (broad SMARTS) is 1. The molecule has 1 atom stereocenters. The number of carboxylic acids is 1. The van der Waals surface area contributed by atoms with Gasteiger partial charge in [0, 0.05) is 0 Å². The minimum absolute atomic E-state index is 0.494. The highest BCUT2D eigenvalue weighted by atomic mass is 16.4. The van der Waals surface area contributed by atoms with Crippen LogP contribution in [0.5, 0.6) is 0 Å². The molecule has 1 unspecified atom stereocenters. The van der Waals surface area contributed by atoms with E-state index in [0.29, 0.717) is 6.54 Å². The molecule has 0 saturated heterocycles. The highest BCUT2D eigenvalue weighted by molar-refractivity contribution is 5.75. The van der Waals surface area contributed by atoms with Gasteiger partial charge in [-0.3, -0.25) is 4.79 Å². The summed E-state index contributed by atoms with van der Waals surface area (Å²) in [6, 6.07) is 15.4. The zero-order chi connectivity index (χ0) is 14.8. The van der Waals surface area contributed by atoms with Gasteiger partial charge in [-0.2, -0.15) is 0 Å². The van der Waals surface area contributed by atoms with Gasteiger partial charge in [-0.05, 0) is 30.2 Å². The number of benzene rings is 2. The first-order valence-electron chi connectivity index (χ1n) is 6.75. The molecule has 3 rings (SSSR count). The smallest absolute Gasteiger partial charge is 0.310 e. The van der Waals surface area contributed by atoms with E-state index in [0.717, 1.165) is 22.2 Å². The molecule has 106 valence electrons. The predicted molar refractivity (Wildman–Crippen MR) is 79.1 cm³/mol. The summed E-state index contributed by atoms with van der Waals surface area (Å²) in [7, 11) is 0. The Balaban J connectivity index is 1.84. The van der Waals surface area contributed by atoms with Crippen molar-refractivity contribution in [1.82, 2.24) is 15.0 Å². The van der Waals surface area contributed by atoms with Crippen molar-refractivity contribution < 1.29 is 9.90 Å². The van der Waals surface area contributed by atoms with Crippen LogP contribution >= 0.6 is 0 Å². The third-order valence-corrected chi connectivity index (χ3v) is 3.60. The van der Waals surface area contributed by atoms with Crippen molar-refractivity contribution in [2.45, 2.75) is 19.4 Å². The molecule has 0 radical (unpaired) electrons. The molecule has 0 saturated carbocycles. The molecule has 0 aliphatic carbocycles. The summed E-state index contributed by atoms with van der Waals surface area (Å²) in [5, 5.41) is 17.3. The van der Waals surface area contributed by atoms with E-state index in [2.05, 4.69) is 10.3 Å². The summed E-state index contributed by atoms with van der Waals surface area (Å²) in [6.45, 7) is 2.30. The molecule has 1 heterocycles. The van der Waals surface area contributed by atoms with Gasteiger partial charge in [-0.15, -0.1) is 5.10 Å². The van der Waals surface area contributed by atoms with Crippen molar-refractivity contribution in [2.75, 3.05) is 0 Å². The Hall–Kier alpha value is -2.69. The number of hydrogen-bond donors (Lipinski definition) is 1. The second kappa shape index (κ2) is 5.36. The summed E-state index contributed by atoms with van der Waals surface area (Å²) in [4.78, 5) is 11.0. The number of carbonyl (C=O) groups is 1. The fourth-order valence-electron chi connectivity index (χ4n) is 2.26. The third-order valence-electron chi connectivity index (χ3n) is 3.60. The van der Waals surface area contributed by atoms with Gasteiger partial charge in [0.15, 0.2) is 0 Å². The molecule has 1 N–H and O–H groups in total. The molecule has 5 nitrogen and oxygen atoms in total. The third kappa shape index (κ3) is 2.63. The molecule has 0 aliphatic rings. The van der Waals surface area contributed by atoms with Gasteiger partial charge < -0.3 is 5.11 Å². The Kier molecular flexibility index (Phi) is 3.39. The lowest BCUT2D eigenvalue weighted by atomic mass is 10.0. The molecular weight excluding hydrogens is 266 g/mol. The number of hydrogen-bond acceptors (Lipinski definition) is 3. The van der Waals surface area contributed by atoms with Crippen molar-refractivity contribution in [2.24, 2.45) is 0 Å². The van der Waals surface area contributed by atoms with Crippen LogP contribution < -0.4 is 0 Å². The second-order valence-electron chi connectivity index (χ2n) is 5.04. The van der Waals surface area contributed by atoms with E-state index in [1.54, 1.807) is 6.92 Å². The molecule has 0 amide bonds. The van der Waals surface area contributed by atoms with Crippen molar-refractivity contribution in [1.29, 1.82) is 0 Å². The van der Waals surface area contributed by atoms with Crippen LogP contribution in [0.3, 0.4) is 0 Å². The minimum Gasteiger partial charge on any atom is -0.481 e. The predicted octanol–water partition coefficient (Wildman–Crippen LogP) is 2.67. The summed E-state index contributed by atoms with van der Waals surface area (Å²) in [5.41, 5.74) is 3.72. The van der Waals surface area contributed by atoms with Crippen LogP contribution in [-0.2, 0) is 11.3 Å². The highest BCUT2D eigenvalue weighted by Gasteiger charge is 2.13. The summed E-state index contributed by atoms with van der Waals surface area (Å²) in [6.07, 6.45) is 0. The Labute approximate surface area is 121 Å². The van der Waals surface area contributed by atoms with Gasteiger partial charge in [0.1, 0.15) is 5.52 Å². The molecule has 0 fully saturated rings.